The van der Waals surface area contributed by atoms with Gasteiger partial charge in [-0.25, -0.2) is 4.79 Å². The lowest BCUT2D eigenvalue weighted by atomic mass is 9.94. The molecule has 1 aliphatic rings. The Balaban J connectivity index is 1.77. The molecule has 0 atom stereocenters. The molecule has 21 heavy (non-hydrogen) atoms. The lowest BCUT2D eigenvalue weighted by Crippen LogP contribution is -2.39. The first-order valence-corrected chi connectivity index (χ1v) is 7.91. The molecule has 1 N–H and O–H groups in total. The van der Waals surface area contributed by atoms with Gasteiger partial charge in [-0.2, -0.15) is 0 Å². The average molecular weight is 291 g/mol. The lowest BCUT2D eigenvalue weighted by molar-refractivity contribution is 0.0697. The number of carboxylic acids is 1. The second-order valence-electron chi connectivity index (χ2n) is 5.60. The maximum atomic E-state index is 10.8. The van der Waals surface area contributed by atoms with Crippen LogP contribution < -0.4 is 4.74 Å². The smallest absolute Gasteiger partial charge is 0.335 e. The summed E-state index contributed by atoms with van der Waals surface area (Å²) in [7, 11) is 0. The van der Waals surface area contributed by atoms with Crippen molar-refractivity contribution >= 4 is 5.97 Å². The fourth-order valence-corrected chi connectivity index (χ4v) is 3.02. The van der Waals surface area contributed by atoms with E-state index in [1.165, 1.54) is 32.1 Å². The molecule has 0 heterocycles. The highest BCUT2D eigenvalue weighted by atomic mass is 16.5. The second-order valence-corrected chi connectivity index (χ2v) is 5.60. The third-order valence-corrected chi connectivity index (χ3v) is 4.25. The van der Waals surface area contributed by atoms with E-state index in [0.717, 1.165) is 18.8 Å². The third-order valence-electron chi connectivity index (χ3n) is 4.25. The maximum Gasteiger partial charge on any atom is 0.335 e. The van der Waals surface area contributed by atoms with Gasteiger partial charge in [0.1, 0.15) is 12.4 Å². The predicted molar refractivity (Wildman–Crippen MR) is 83.0 cm³/mol. The van der Waals surface area contributed by atoms with Crippen molar-refractivity contribution in [1.82, 2.24) is 4.90 Å². The average Bonchev–Trinajstić information content (AvgIpc) is 2.53. The number of carboxylic acid groups (broad SMARTS) is 1. The number of rotatable bonds is 7. The Morgan fingerprint density at radius 2 is 1.90 bits per heavy atom. The van der Waals surface area contributed by atoms with Crippen LogP contribution in [0.5, 0.6) is 5.75 Å². The van der Waals surface area contributed by atoms with Crippen molar-refractivity contribution in [2.24, 2.45) is 0 Å². The molecule has 116 valence electrons. The summed E-state index contributed by atoms with van der Waals surface area (Å²) in [6.07, 6.45) is 6.68. The minimum atomic E-state index is -0.906. The van der Waals surface area contributed by atoms with Gasteiger partial charge in [0.2, 0.25) is 0 Å². The largest absolute Gasteiger partial charge is 0.492 e. The van der Waals surface area contributed by atoms with Crippen molar-refractivity contribution in [3.63, 3.8) is 0 Å². The standard InChI is InChI=1S/C17H25NO3/c1-2-18(15-6-4-3-5-7-15)12-13-21-16-10-8-14(9-11-16)17(19)20/h8-11,15H,2-7,12-13H2,1H3,(H,19,20). The minimum Gasteiger partial charge on any atom is -0.492 e. The molecule has 2 rings (SSSR count). The van der Waals surface area contributed by atoms with Crippen LogP contribution in [0.1, 0.15) is 49.4 Å². The Kier molecular flexibility index (Phi) is 6.05. The van der Waals surface area contributed by atoms with E-state index < -0.39 is 5.97 Å². The minimum absolute atomic E-state index is 0.291. The number of nitrogens with zero attached hydrogens (tertiary/aromatic N) is 1. The molecule has 0 unspecified atom stereocenters. The molecular weight excluding hydrogens is 266 g/mol. The van der Waals surface area contributed by atoms with Crippen molar-refractivity contribution in [3.05, 3.63) is 29.8 Å². The highest BCUT2D eigenvalue weighted by Gasteiger charge is 2.19. The van der Waals surface area contributed by atoms with Crippen LogP contribution in [-0.2, 0) is 0 Å². The van der Waals surface area contributed by atoms with E-state index in [0.29, 0.717) is 18.2 Å². The Morgan fingerprint density at radius 3 is 2.48 bits per heavy atom. The Morgan fingerprint density at radius 1 is 1.24 bits per heavy atom. The predicted octanol–water partition coefficient (Wildman–Crippen LogP) is 3.42. The maximum absolute atomic E-state index is 10.8. The van der Waals surface area contributed by atoms with Gasteiger partial charge in [0.05, 0.1) is 5.56 Å². The fourth-order valence-electron chi connectivity index (χ4n) is 3.02. The Bertz CT molecular complexity index is 438. The molecule has 1 aromatic rings. The van der Waals surface area contributed by atoms with Crippen LogP contribution in [0.25, 0.3) is 0 Å². The molecule has 0 bridgehead atoms. The van der Waals surface area contributed by atoms with E-state index in [2.05, 4.69) is 11.8 Å². The fraction of sp³-hybridized carbons (Fsp3) is 0.588. The van der Waals surface area contributed by atoms with Gasteiger partial charge in [-0.05, 0) is 43.7 Å². The van der Waals surface area contributed by atoms with Crippen molar-refractivity contribution < 1.29 is 14.6 Å². The number of hydrogen-bond donors (Lipinski definition) is 1. The van der Waals surface area contributed by atoms with Gasteiger partial charge in [-0.15, -0.1) is 0 Å². The van der Waals surface area contributed by atoms with Gasteiger partial charge in [0.25, 0.3) is 0 Å². The molecule has 1 fully saturated rings. The summed E-state index contributed by atoms with van der Waals surface area (Å²) < 4.78 is 5.73. The summed E-state index contributed by atoms with van der Waals surface area (Å²) in [4.78, 5) is 13.3. The zero-order chi connectivity index (χ0) is 15.1. The number of benzene rings is 1. The summed E-state index contributed by atoms with van der Waals surface area (Å²) in [6, 6.07) is 7.31. The Hall–Kier alpha value is -1.55. The molecule has 0 aromatic heterocycles. The topological polar surface area (TPSA) is 49.8 Å². The Labute approximate surface area is 126 Å². The molecule has 0 amide bonds. The summed E-state index contributed by atoms with van der Waals surface area (Å²) in [5.41, 5.74) is 0.291. The van der Waals surface area contributed by atoms with Gasteiger partial charge in [-0.3, -0.25) is 4.90 Å². The molecular formula is C17H25NO3. The van der Waals surface area contributed by atoms with Crippen LogP contribution in [0, 0.1) is 0 Å². The number of aromatic carboxylic acids is 1. The highest BCUT2D eigenvalue weighted by Crippen LogP contribution is 2.22. The van der Waals surface area contributed by atoms with E-state index in [-0.39, 0.29) is 0 Å². The quantitative estimate of drug-likeness (QED) is 0.836. The van der Waals surface area contributed by atoms with Crippen LogP contribution >= 0.6 is 0 Å². The van der Waals surface area contributed by atoms with Gasteiger partial charge >= 0.3 is 5.97 Å². The van der Waals surface area contributed by atoms with Crippen LogP contribution in [-0.4, -0.2) is 41.7 Å². The molecule has 0 radical (unpaired) electrons. The van der Waals surface area contributed by atoms with E-state index >= 15 is 0 Å². The first kappa shape index (κ1) is 15.8. The normalized spacial score (nSPS) is 16.1. The van der Waals surface area contributed by atoms with E-state index in [1.807, 2.05) is 0 Å². The zero-order valence-electron chi connectivity index (χ0n) is 12.8. The lowest BCUT2D eigenvalue weighted by Gasteiger charge is -2.33. The molecule has 1 saturated carbocycles. The summed E-state index contributed by atoms with van der Waals surface area (Å²) in [5.74, 6) is -0.171. The molecule has 0 aliphatic heterocycles. The first-order chi connectivity index (χ1) is 10.2. The summed E-state index contributed by atoms with van der Waals surface area (Å²) in [5, 5.41) is 8.85. The summed E-state index contributed by atoms with van der Waals surface area (Å²) in [6.45, 7) is 4.85. The van der Waals surface area contributed by atoms with Crippen LogP contribution in [0.2, 0.25) is 0 Å². The van der Waals surface area contributed by atoms with Crippen molar-refractivity contribution in [2.45, 2.75) is 45.1 Å². The van der Waals surface area contributed by atoms with Crippen LogP contribution in [0.15, 0.2) is 24.3 Å². The van der Waals surface area contributed by atoms with Crippen LogP contribution in [0.3, 0.4) is 0 Å². The zero-order valence-corrected chi connectivity index (χ0v) is 12.8. The molecule has 4 nitrogen and oxygen atoms in total. The van der Waals surface area contributed by atoms with E-state index in [4.69, 9.17) is 9.84 Å². The third kappa shape index (κ3) is 4.74. The van der Waals surface area contributed by atoms with Gasteiger partial charge in [0.15, 0.2) is 0 Å². The van der Waals surface area contributed by atoms with Crippen LogP contribution in [0.4, 0.5) is 0 Å². The van der Waals surface area contributed by atoms with Gasteiger partial charge in [-0.1, -0.05) is 26.2 Å². The highest BCUT2D eigenvalue weighted by molar-refractivity contribution is 5.87. The number of likely N-dealkylation sites (N-methyl/N-ethyl adjacent to an activating group) is 1. The number of carbonyl (C=O) groups is 1. The SMILES string of the molecule is CCN(CCOc1ccc(C(=O)O)cc1)C1CCCCC1. The molecule has 1 aromatic carbocycles. The van der Waals surface area contributed by atoms with Crippen molar-refractivity contribution in [3.8, 4) is 5.75 Å². The van der Waals surface area contributed by atoms with E-state index in [1.54, 1.807) is 24.3 Å². The number of hydrogen-bond acceptors (Lipinski definition) is 3. The van der Waals surface area contributed by atoms with Gasteiger partial charge < -0.3 is 9.84 Å². The second kappa shape index (κ2) is 8.03. The van der Waals surface area contributed by atoms with Gasteiger partial charge in [0, 0.05) is 12.6 Å². The van der Waals surface area contributed by atoms with Crippen molar-refractivity contribution in [1.29, 1.82) is 0 Å². The first-order valence-electron chi connectivity index (χ1n) is 7.91. The summed E-state index contributed by atoms with van der Waals surface area (Å²) >= 11 is 0. The number of ether oxygens (including phenoxy) is 1. The molecule has 0 spiro atoms. The monoisotopic (exact) mass is 291 g/mol. The molecule has 0 saturated heterocycles. The molecule has 4 heteroatoms. The van der Waals surface area contributed by atoms with Crippen molar-refractivity contribution in [2.75, 3.05) is 19.7 Å². The molecule has 1 aliphatic carbocycles. The van der Waals surface area contributed by atoms with E-state index in [9.17, 15) is 4.79 Å².